The van der Waals surface area contributed by atoms with Crippen LogP contribution in [0.2, 0.25) is 0 Å². The number of esters is 1. The van der Waals surface area contributed by atoms with Crippen molar-refractivity contribution < 1.29 is 14.3 Å². The summed E-state index contributed by atoms with van der Waals surface area (Å²) < 4.78 is 5.06. The summed E-state index contributed by atoms with van der Waals surface area (Å²) in [6.45, 7) is 12.4. The number of aryl methyl sites for hydroxylation is 2. The van der Waals surface area contributed by atoms with Gasteiger partial charge in [0.2, 0.25) is 0 Å². The summed E-state index contributed by atoms with van der Waals surface area (Å²) in [6, 6.07) is 5.60. The number of ether oxygens (including phenoxy) is 1. The predicted octanol–water partition coefficient (Wildman–Crippen LogP) is 4.56. The molecular formula is C22H28N2O3S. The number of carbonyl (C=O) groups excluding carboxylic acids is 2. The molecular weight excluding hydrogens is 372 g/mol. The first kappa shape index (κ1) is 20.6. The number of nitrogens with one attached hydrogen (secondary N) is 2. The van der Waals surface area contributed by atoms with E-state index in [0.29, 0.717) is 22.5 Å². The minimum atomic E-state index is -0.415. The Bertz CT molecular complexity index is 957. The van der Waals surface area contributed by atoms with E-state index in [1.54, 1.807) is 6.07 Å². The van der Waals surface area contributed by atoms with Crippen LogP contribution in [0.3, 0.4) is 0 Å². The van der Waals surface area contributed by atoms with Crippen molar-refractivity contribution in [1.29, 1.82) is 0 Å². The molecule has 28 heavy (non-hydrogen) atoms. The highest BCUT2D eigenvalue weighted by Crippen LogP contribution is 2.45. The molecule has 0 fully saturated rings. The number of carbonyl (C=O) groups is 2. The highest BCUT2D eigenvalue weighted by Gasteiger charge is 2.42. The molecule has 2 heterocycles. The average molecular weight is 401 g/mol. The summed E-state index contributed by atoms with van der Waals surface area (Å²) >= 11 is 1.45. The van der Waals surface area contributed by atoms with E-state index in [4.69, 9.17) is 4.74 Å². The summed E-state index contributed by atoms with van der Waals surface area (Å²) in [7, 11) is 1.37. The number of benzene rings is 1. The van der Waals surface area contributed by atoms with Crippen LogP contribution in [-0.2, 0) is 16.7 Å². The van der Waals surface area contributed by atoms with Gasteiger partial charge in [-0.2, -0.15) is 0 Å². The molecule has 0 radical (unpaired) electrons. The number of fused-ring (bicyclic) bond motifs is 1. The molecule has 1 aromatic heterocycles. The first-order valence-corrected chi connectivity index (χ1v) is 10.2. The second-order valence-electron chi connectivity index (χ2n) is 8.67. The second-order valence-corrected chi connectivity index (χ2v) is 9.69. The van der Waals surface area contributed by atoms with E-state index in [2.05, 4.69) is 38.3 Å². The quantitative estimate of drug-likeness (QED) is 0.741. The molecule has 0 saturated carbocycles. The van der Waals surface area contributed by atoms with E-state index < -0.39 is 5.97 Å². The summed E-state index contributed by atoms with van der Waals surface area (Å²) in [4.78, 5) is 26.5. The van der Waals surface area contributed by atoms with Crippen molar-refractivity contribution in [2.75, 3.05) is 12.4 Å². The lowest BCUT2D eigenvalue weighted by Gasteiger charge is -2.42. The minimum absolute atomic E-state index is 0.171. The maximum atomic E-state index is 12.9. The number of hydrogen-bond acceptors (Lipinski definition) is 5. The van der Waals surface area contributed by atoms with Crippen LogP contribution < -0.4 is 10.6 Å². The molecule has 6 heteroatoms. The third-order valence-corrected chi connectivity index (χ3v) is 6.70. The van der Waals surface area contributed by atoms with Gasteiger partial charge in [-0.25, -0.2) is 4.79 Å². The zero-order valence-corrected chi connectivity index (χ0v) is 18.4. The van der Waals surface area contributed by atoms with Crippen molar-refractivity contribution in [2.45, 2.75) is 59.0 Å². The average Bonchev–Trinajstić information content (AvgIpc) is 2.93. The van der Waals surface area contributed by atoms with Gasteiger partial charge in [0.1, 0.15) is 5.00 Å². The summed E-state index contributed by atoms with van der Waals surface area (Å²) in [5.74, 6) is -0.640. The number of methoxy groups -OCH3 is 1. The van der Waals surface area contributed by atoms with E-state index >= 15 is 0 Å². The molecule has 1 amide bonds. The third-order valence-electron chi connectivity index (χ3n) is 5.23. The molecule has 1 aliphatic heterocycles. The van der Waals surface area contributed by atoms with E-state index in [0.717, 1.165) is 21.6 Å². The molecule has 2 aromatic rings. The summed E-state index contributed by atoms with van der Waals surface area (Å²) in [6.07, 6.45) is 0.687. The van der Waals surface area contributed by atoms with Crippen molar-refractivity contribution >= 4 is 28.2 Å². The van der Waals surface area contributed by atoms with Gasteiger partial charge in [0.05, 0.1) is 12.7 Å². The zero-order valence-electron chi connectivity index (χ0n) is 17.6. The Balaban J connectivity index is 2.06. The van der Waals surface area contributed by atoms with Gasteiger partial charge in [0.25, 0.3) is 5.91 Å². The maximum absolute atomic E-state index is 12.9. The predicted molar refractivity (Wildman–Crippen MR) is 113 cm³/mol. The van der Waals surface area contributed by atoms with Gasteiger partial charge in [-0.1, -0.05) is 6.07 Å². The van der Waals surface area contributed by atoms with E-state index in [9.17, 15) is 9.59 Å². The fourth-order valence-electron chi connectivity index (χ4n) is 3.99. The van der Waals surface area contributed by atoms with Gasteiger partial charge >= 0.3 is 5.97 Å². The van der Waals surface area contributed by atoms with Crippen molar-refractivity contribution in [3.8, 4) is 0 Å². The molecule has 1 aliphatic rings. The lowest BCUT2D eigenvalue weighted by atomic mass is 9.81. The first-order chi connectivity index (χ1) is 12.9. The Hall–Kier alpha value is -2.18. The fraction of sp³-hybridized carbons (Fsp3) is 0.455. The Morgan fingerprint density at radius 1 is 1.14 bits per heavy atom. The van der Waals surface area contributed by atoms with Crippen molar-refractivity contribution in [2.24, 2.45) is 0 Å². The molecule has 3 rings (SSSR count). The normalized spacial score (nSPS) is 17.0. The van der Waals surface area contributed by atoms with Gasteiger partial charge in [0.15, 0.2) is 0 Å². The number of amides is 1. The lowest BCUT2D eigenvalue weighted by molar-refractivity contribution is 0.0600. The number of hydrogen-bond donors (Lipinski definition) is 2. The van der Waals surface area contributed by atoms with Crippen LogP contribution in [0.4, 0.5) is 5.00 Å². The topological polar surface area (TPSA) is 67.4 Å². The first-order valence-electron chi connectivity index (χ1n) is 9.37. The van der Waals surface area contributed by atoms with Crippen molar-refractivity contribution in [1.82, 2.24) is 5.32 Å². The third kappa shape index (κ3) is 3.71. The molecule has 1 aromatic carbocycles. The number of anilines is 1. The lowest BCUT2D eigenvalue weighted by Crippen LogP contribution is -2.55. The molecule has 2 N–H and O–H groups in total. The van der Waals surface area contributed by atoms with Gasteiger partial charge in [0, 0.05) is 21.5 Å². The smallest absolute Gasteiger partial charge is 0.341 e. The van der Waals surface area contributed by atoms with Gasteiger partial charge in [-0.05, 0) is 76.8 Å². The Morgan fingerprint density at radius 2 is 1.82 bits per heavy atom. The molecule has 0 atom stereocenters. The van der Waals surface area contributed by atoms with E-state index in [1.807, 2.05) is 26.0 Å². The van der Waals surface area contributed by atoms with Crippen LogP contribution in [0.5, 0.6) is 0 Å². The summed E-state index contributed by atoms with van der Waals surface area (Å²) in [5.41, 5.74) is 3.71. The largest absolute Gasteiger partial charge is 0.465 e. The van der Waals surface area contributed by atoms with Crippen molar-refractivity contribution in [3.63, 3.8) is 0 Å². The Morgan fingerprint density at radius 3 is 2.43 bits per heavy atom. The Kier molecular flexibility index (Phi) is 5.15. The van der Waals surface area contributed by atoms with E-state index in [1.165, 1.54) is 18.4 Å². The monoisotopic (exact) mass is 400 g/mol. The van der Waals surface area contributed by atoms with Gasteiger partial charge in [-0.3, -0.25) is 4.79 Å². The molecule has 0 saturated heterocycles. The number of rotatable bonds is 3. The standard InChI is InChI=1S/C22H28N2O3S/c1-12-8-9-14(10-13(12)2)18(25)23-19-16(20(26)27-7)15-11-21(3,4)24-22(5,6)17(15)28-19/h8-10,24H,11H2,1-7H3,(H,23,25). The minimum Gasteiger partial charge on any atom is -0.465 e. The summed E-state index contributed by atoms with van der Waals surface area (Å²) in [5, 5.41) is 7.14. The number of thiophene rings is 1. The van der Waals surface area contributed by atoms with E-state index in [-0.39, 0.29) is 17.0 Å². The Labute approximate surface area is 170 Å². The van der Waals surface area contributed by atoms with Crippen LogP contribution in [-0.4, -0.2) is 24.5 Å². The highest BCUT2D eigenvalue weighted by molar-refractivity contribution is 7.17. The van der Waals surface area contributed by atoms with Crippen LogP contribution in [0.25, 0.3) is 0 Å². The molecule has 5 nitrogen and oxygen atoms in total. The van der Waals surface area contributed by atoms with Crippen LogP contribution >= 0.6 is 11.3 Å². The molecule has 150 valence electrons. The fourth-order valence-corrected chi connectivity index (χ4v) is 5.25. The highest BCUT2D eigenvalue weighted by atomic mass is 32.1. The SMILES string of the molecule is COC(=O)c1c(NC(=O)c2ccc(C)c(C)c2)sc2c1CC(C)(C)NC2(C)C. The maximum Gasteiger partial charge on any atom is 0.341 e. The van der Waals surface area contributed by atoms with Gasteiger partial charge < -0.3 is 15.4 Å². The zero-order chi connectivity index (χ0) is 20.9. The molecule has 0 bridgehead atoms. The van der Waals surface area contributed by atoms with Crippen LogP contribution in [0.15, 0.2) is 18.2 Å². The second kappa shape index (κ2) is 7.01. The molecule has 0 unspecified atom stereocenters. The molecule has 0 aliphatic carbocycles. The van der Waals surface area contributed by atoms with Crippen molar-refractivity contribution in [3.05, 3.63) is 50.9 Å². The molecule has 0 spiro atoms. The van der Waals surface area contributed by atoms with Crippen LogP contribution in [0, 0.1) is 13.8 Å². The van der Waals surface area contributed by atoms with Crippen LogP contribution in [0.1, 0.15) is 70.0 Å². The van der Waals surface area contributed by atoms with Gasteiger partial charge in [-0.15, -0.1) is 11.3 Å².